The lowest BCUT2D eigenvalue weighted by molar-refractivity contribution is -0.138. The van der Waals surface area contributed by atoms with Gasteiger partial charge in [-0.25, -0.2) is 9.59 Å². The van der Waals surface area contributed by atoms with Crippen LogP contribution in [0.3, 0.4) is 0 Å². The molecule has 0 atom stereocenters. The van der Waals surface area contributed by atoms with Crippen molar-refractivity contribution in [2.45, 2.75) is 85.0 Å². The molecule has 0 saturated carbocycles. The van der Waals surface area contributed by atoms with Crippen molar-refractivity contribution in [3.05, 3.63) is 25.3 Å². The molecule has 0 aliphatic carbocycles. The zero-order valence-electron chi connectivity index (χ0n) is 17.3. The monoisotopic (exact) mass is 368 g/mol. The van der Waals surface area contributed by atoms with Crippen molar-refractivity contribution in [1.82, 2.24) is 0 Å². The maximum Gasteiger partial charge on any atom is 0.330 e. The molecule has 0 rings (SSSR count). The van der Waals surface area contributed by atoms with Gasteiger partial charge in [0.2, 0.25) is 0 Å². The number of hydrogen-bond acceptors (Lipinski definition) is 4. The van der Waals surface area contributed by atoms with E-state index in [1.165, 1.54) is 50.7 Å². The van der Waals surface area contributed by atoms with E-state index in [4.69, 9.17) is 9.47 Å². The van der Waals surface area contributed by atoms with Gasteiger partial charge in [-0.1, -0.05) is 85.3 Å². The molecule has 0 heterocycles. The van der Waals surface area contributed by atoms with Crippen LogP contribution < -0.4 is 0 Å². The van der Waals surface area contributed by atoms with Gasteiger partial charge in [-0.3, -0.25) is 0 Å². The average molecular weight is 369 g/mol. The first-order valence-electron chi connectivity index (χ1n) is 10.1. The highest BCUT2D eigenvalue weighted by atomic mass is 16.5. The molecule has 152 valence electrons. The summed E-state index contributed by atoms with van der Waals surface area (Å²) >= 11 is 0. The lowest BCUT2D eigenvalue weighted by atomic mass is 10.1. The fraction of sp³-hybridized carbons (Fsp3) is 0.727. The van der Waals surface area contributed by atoms with Crippen LogP contribution in [-0.4, -0.2) is 25.2 Å². The van der Waals surface area contributed by atoms with Crippen molar-refractivity contribution in [2.24, 2.45) is 5.92 Å². The first-order chi connectivity index (χ1) is 12.5. The lowest BCUT2D eigenvalue weighted by Crippen LogP contribution is -2.01. The van der Waals surface area contributed by atoms with Gasteiger partial charge >= 0.3 is 11.9 Å². The molecule has 0 amide bonds. The molecule has 4 heteroatoms. The van der Waals surface area contributed by atoms with E-state index in [1.807, 2.05) is 0 Å². The summed E-state index contributed by atoms with van der Waals surface area (Å²) in [7, 11) is 0. The zero-order valence-corrected chi connectivity index (χ0v) is 17.3. The fourth-order valence-corrected chi connectivity index (χ4v) is 2.18. The standard InChI is InChI=1S/2C11H20O2/c1-4-11(12)13-9-7-5-6-8-10(2)3;1-3-5-6-7-8-9-10-13-11(12)4-2/h4,10H,1,5-9H2,2-3H3;4H,2-3,5-10H2,1H3. The zero-order chi connectivity index (χ0) is 20.0. The molecule has 0 aromatic rings. The van der Waals surface area contributed by atoms with Crippen LogP contribution in [0.2, 0.25) is 0 Å². The van der Waals surface area contributed by atoms with E-state index in [-0.39, 0.29) is 11.9 Å². The fourth-order valence-electron chi connectivity index (χ4n) is 2.18. The summed E-state index contributed by atoms with van der Waals surface area (Å²) in [5.41, 5.74) is 0. The van der Waals surface area contributed by atoms with E-state index in [0.717, 1.165) is 31.6 Å². The molecule has 0 saturated heterocycles. The molecule has 0 unspecified atom stereocenters. The molecule has 26 heavy (non-hydrogen) atoms. The van der Waals surface area contributed by atoms with E-state index in [1.54, 1.807) is 0 Å². The third-order valence-electron chi connectivity index (χ3n) is 3.75. The summed E-state index contributed by atoms with van der Waals surface area (Å²) in [6.45, 7) is 14.4. The molecule has 0 aliphatic rings. The topological polar surface area (TPSA) is 52.6 Å². The highest BCUT2D eigenvalue weighted by molar-refractivity contribution is 5.81. The first kappa shape index (κ1) is 26.6. The van der Waals surface area contributed by atoms with Gasteiger partial charge in [-0.05, 0) is 18.8 Å². The van der Waals surface area contributed by atoms with Gasteiger partial charge in [0.05, 0.1) is 13.2 Å². The number of carbonyl (C=O) groups is 2. The summed E-state index contributed by atoms with van der Waals surface area (Å²) in [5, 5.41) is 0. The van der Waals surface area contributed by atoms with E-state index in [9.17, 15) is 9.59 Å². The SMILES string of the molecule is C=CC(=O)OCCCCCC(C)C.C=CC(=O)OCCCCCCCC. The van der Waals surface area contributed by atoms with Gasteiger partial charge in [0.1, 0.15) is 0 Å². The first-order valence-corrected chi connectivity index (χ1v) is 10.1. The Morgan fingerprint density at radius 2 is 1.19 bits per heavy atom. The molecule has 0 bridgehead atoms. The predicted octanol–water partition coefficient (Wildman–Crippen LogP) is 6.01. The van der Waals surface area contributed by atoms with Crippen LogP contribution in [0.5, 0.6) is 0 Å². The number of rotatable bonds is 15. The molecule has 0 spiro atoms. The number of hydrogen-bond donors (Lipinski definition) is 0. The molecule has 0 aliphatic heterocycles. The van der Waals surface area contributed by atoms with E-state index >= 15 is 0 Å². The smallest absolute Gasteiger partial charge is 0.330 e. The molecule has 0 N–H and O–H groups in total. The third-order valence-corrected chi connectivity index (χ3v) is 3.75. The van der Waals surface area contributed by atoms with Gasteiger partial charge in [0.15, 0.2) is 0 Å². The lowest BCUT2D eigenvalue weighted by Gasteiger charge is -2.04. The van der Waals surface area contributed by atoms with E-state index < -0.39 is 0 Å². The van der Waals surface area contributed by atoms with E-state index in [2.05, 4.69) is 33.9 Å². The maximum absolute atomic E-state index is 10.6. The minimum absolute atomic E-state index is 0.312. The molecule has 0 aromatic carbocycles. The van der Waals surface area contributed by atoms with Crippen molar-refractivity contribution >= 4 is 11.9 Å². The Labute approximate surface area is 161 Å². The second-order valence-corrected chi connectivity index (χ2v) is 6.75. The quantitative estimate of drug-likeness (QED) is 0.202. The minimum atomic E-state index is -0.316. The highest BCUT2D eigenvalue weighted by Gasteiger charge is 1.97. The summed E-state index contributed by atoms with van der Waals surface area (Å²) in [5.74, 6) is 0.146. The van der Waals surface area contributed by atoms with Gasteiger partial charge < -0.3 is 9.47 Å². The number of carbonyl (C=O) groups excluding carboxylic acids is 2. The van der Waals surface area contributed by atoms with Crippen LogP contribution in [0, 0.1) is 5.92 Å². The van der Waals surface area contributed by atoms with Crippen LogP contribution in [0.25, 0.3) is 0 Å². The highest BCUT2D eigenvalue weighted by Crippen LogP contribution is 2.08. The van der Waals surface area contributed by atoms with Gasteiger partial charge in [0, 0.05) is 12.2 Å². The molecular weight excluding hydrogens is 328 g/mol. The second-order valence-electron chi connectivity index (χ2n) is 6.75. The van der Waals surface area contributed by atoms with Crippen LogP contribution in [-0.2, 0) is 19.1 Å². The van der Waals surface area contributed by atoms with Gasteiger partial charge in [-0.15, -0.1) is 0 Å². The minimum Gasteiger partial charge on any atom is -0.463 e. The largest absolute Gasteiger partial charge is 0.463 e. The van der Waals surface area contributed by atoms with E-state index in [0.29, 0.717) is 13.2 Å². The second kappa shape index (κ2) is 21.5. The number of esters is 2. The molecule has 4 nitrogen and oxygen atoms in total. The summed E-state index contributed by atoms with van der Waals surface area (Å²) in [6.07, 6.45) is 14.3. The van der Waals surface area contributed by atoms with Crippen LogP contribution >= 0.6 is 0 Å². The summed E-state index contributed by atoms with van der Waals surface area (Å²) in [4.78, 5) is 21.2. The van der Waals surface area contributed by atoms with Gasteiger partial charge in [0.25, 0.3) is 0 Å². The number of unbranched alkanes of at least 4 members (excludes halogenated alkanes) is 7. The normalized spacial score (nSPS) is 9.85. The van der Waals surface area contributed by atoms with Crippen LogP contribution in [0.4, 0.5) is 0 Å². The van der Waals surface area contributed by atoms with Crippen molar-refractivity contribution in [3.63, 3.8) is 0 Å². The third kappa shape index (κ3) is 24.7. The number of ether oxygens (including phenoxy) is 2. The van der Waals surface area contributed by atoms with Crippen molar-refractivity contribution in [2.75, 3.05) is 13.2 Å². The molecule has 0 radical (unpaired) electrons. The Hall–Kier alpha value is -1.58. The average Bonchev–Trinajstić information content (AvgIpc) is 2.63. The predicted molar refractivity (Wildman–Crippen MR) is 109 cm³/mol. The van der Waals surface area contributed by atoms with Crippen LogP contribution in [0.15, 0.2) is 25.3 Å². The Balaban J connectivity index is 0. The van der Waals surface area contributed by atoms with Gasteiger partial charge in [-0.2, -0.15) is 0 Å². The maximum atomic E-state index is 10.6. The van der Waals surface area contributed by atoms with Crippen molar-refractivity contribution in [1.29, 1.82) is 0 Å². The van der Waals surface area contributed by atoms with Crippen molar-refractivity contribution in [3.8, 4) is 0 Å². The molecular formula is C22H40O4. The summed E-state index contributed by atoms with van der Waals surface area (Å²) < 4.78 is 9.68. The molecule has 0 aromatic heterocycles. The Bertz CT molecular complexity index is 361. The Kier molecular flexibility index (Phi) is 22.0. The Morgan fingerprint density at radius 3 is 1.62 bits per heavy atom. The Morgan fingerprint density at radius 1 is 0.769 bits per heavy atom. The summed E-state index contributed by atoms with van der Waals surface area (Å²) in [6, 6.07) is 0. The van der Waals surface area contributed by atoms with Crippen molar-refractivity contribution < 1.29 is 19.1 Å². The van der Waals surface area contributed by atoms with Crippen LogP contribution in [0.1, 0.15) is 85.0 Å². The molecule has 0 fully saturated rings.